The molecule has 0 aromatic heterocycles. The smallest absolute Gasteiger partial charge is 0.244 e. The number of rotatable bonds is 10. The Morgan fingerprint density at radius 3 is 1.98 bits per heavy atom. The Labute approximate surface area is 279 Å². The number of benzene rings is 3. The average Bonchev–Trinajstić information content (AvgIpc) is 2.97. The van der Waals surface area contributed by atoms with Crippen molar-refractivity contribution in [1.29, 1.82) is 0 Å². The second-order valence-corrected chi connectivity index (χ2v) is 13.5. The summed E-state index contributed by atoms with van der Waals surface area (Å²) in [4.78, 5) is 26.5. The summed E-state index contributed by atoms with van der Waals surface area (Å²) in [7, 11) is 0. The topological polar surface area (TPSA) is 79.5 Å². The molecular formula is C34H34Cl2F5N3O3. The Morgan fingerprint density at radius 1 is 0.894 bits per heavy atom. The van der Waals surface area contributed by atoms with Gasteiger partial charge in [-0.05, 0) is 76.4 Å². The molecule has 1 aliphatic rings. The highest BCUT2D eigenvalue weighted by molar-refractivity contribution is 6.35. The van der Waals surface area contributed by atoms with Crippen molar-refractivity contribution in [3.8, 4) is 5.75 Å². The molecule has 3 N–H and O–H groups in total. The molecule has 252 valence electrons. The van der Waals surface area contributed by atoms with E-state index >= 15 is 0 Å². The lowest BCUT2D eigenvalue weighted by atomic mass is 9.79. The maximum absolute atomic E-state index is 14.1. The first kappa shape index (κ1) is 36.2. The van der Waals surface area contributed by atoms with Gasteiger partial charge in [0, 0.05) is 45.2 Å². The van der Waals surface area contributed by atoms with E-state index in [2.05, 4.69) is 16.0 Å². The van der Waals surface area contributed by atoms with Gasteiger partial charge in [-0.1, -0.05) is 41.4 Å². The van der Waals surface area contributed by atoms with E-state index in [9.17, 15) is 31.5 Å². The van der Waals surface area contributed by atoms with Crippen LogP contribution in [0.1, 0.15) is 57.2 Å². The summed E-state index contributed by atoms with van der Waals surface area (Å²) >= 11 is 12.4. The monoisotopic (exact) mass is 697 g/mol. The zero-order valence-corrected chi connectivity index (χ0v) is 27.6. The SMILES string of the molecule is CC1(C)CC(NC(=O)[C@H](Cc2ccc(OCc3c(Cl)cccc3Cl)cc2)NC(=O)C=Cc2c(F)c(F)c(F)c(F)c2F)CC(C)(C)N1. The molecule has 13 heteroatoms. The Morgan fingerprint density at radius 2 is 1.43 bits per heavy atom. The van der Waals surface area contributed by atoms with Crippen molar-refractivity contribution < 1.29 is 36.3 Å². The van der Waals surface area contributed by atoms with Gasteiger partial charge in [0.25, 0.3) is 0 Å². The highest BCUT2D eigenvalue weighted by Gasteiger charge is 2.39. The Kier molecular flexibility index (Phi) is 11.3. The molecule has 47 heavy (non-hydrogen) atoms. The molecule has 0 spiro atoms. The fourth-order valence-electron chi connectivity index (χ4n) is 5.87. The van der Waals surface area contributed by atoms with Gasteiger partial charge in [-0.15, -0.1) is 0 Å². The largest absolute Gasteiger partial charge is 0.489 e. The highest BCUT2D eigenvalue weighted by Crippen LogP contribution is 2.29. The molecule has 0 radical (unpaired) electrons. The fraction of sp³-hybridized carbons (Fsp3) is 0.353. The van der Waals surface area contributed by atoms with Crippen LogP contribution in [0.25, 0.3) is 6.08 Å². The number of piperidine rings is 1. The summed E-state index contributed by atoms with van der Waals surface area (Å²) in [6.07, 6.45) is 2.28. The number of hydrogen-bond donors (Lipinski definition) is 3. The van der Waals surface area contributed by atoms with Crippen LogP contribution in [0.2, 0.25) is 10.0 Å². The zero-order chi connectivity index (χ0) is 34.7. The van der Waals surface area contributed by atoms with Gasteiger partial charge in [-0.25, -0.2) is 22.0 Å². The minimum Gasteiger partial charge on any atom is -0.489 e. The number of ether oxygens (including phenoxy) is 1. The minimum absolute atomic E-state index is 0.00230. The standard InChI is InChI=1S/C34H34Cl2F5N3O3/c1-33(2)15-19(16-34(3,4)44-33)42-32(46)25(43-26(45)13-12-21-27(37)29(39)31(41)30(40)28(21)38)14-18-8-10-20(11-9-18)47-17-22-23(35)6-5-7-24(22)36/h5-13,19,25,44H,14-17H2,1-4H3,(H,42,46)(H,43,45)/t25-/m0/s1. The molecular weight excluding hydrogens is 664 g/mol. The molecule has 1 saturated heterocycles. The first-order valence-corrected chi connectivity index (χ1v) is 15.5. The maximum Gasteiger partial charge on any atom is 0.244 e. The van der Waals surface area contributed by atoms with Gasteiger partial charge in [0.2, 0.25) is 17.6 Å². The van der Waals surface area contributed by atoms with Crippen LogP contribution in [0.3, 0.4) is 0 Å². The van der Waals surface area contributed by atoms with Crippen LogP contribution < -0.4 is 20.7 Å². The number of halogens is 7. The van der Waals surface area contributed by atoms with E-state index in [0.717, 1.165) is 0 Å². The molecule has 3 aromatic carbocycles. The fourth-order valence-corrected chi connectivity index (χ4v) is 6.37. The molecule has 6 nitrogen and oxygen atoms in total. The number of hydrogen-bond acceptors (Lipinski definition) is 4. The minimum atomic E-state index is -2.31. The molecule has 0 saturated carbocycles. The van der Waals surface area contributed by atoms with Gasteiger partial charge < -0.3 is 20.7 Å². The first-order chi connectivity index (χ1) is 22.0. The Bertz CT molecular complexity index is 1620. The molecule has 1 atom stereocenters. The van der Waals surface area contributed by atoms with E-state index in [-0.39, 0.29) is 30.1 Å². The average molecular weight is 699 g/mol. The van der Waals surface area contributed by atoms with E-state index in [0.29, 0.717) is 51.9 Å². The van der Waals surface area contributed by atoms with Crippen LogP contribution in [0.15, 0.2) is 48.5 Å². The maximum atomic E-state index is 14.1. The zero-order valence-electron chi connectivity index (χ0n) is 26.0. The summed E-state index contributed by atoms with van der Waals surface area (Å²) in [5.74, 6) is -11.8. The van der Waals surface area contributed by atoms with Crippen molar-refractivity contribution in [2.24, 2.45) is 0 Å². The summed E-state index contributed by atoms with van der Waals surface area (Å²) in [6.45, 7) is 8.16. The van der Waals surface area contributed by atoms with Crippen LogP contribution in [-0.2, 0) is 22.6 Å². The molecule has 0 bridgehead atoms. The van der Waals surface area contributed by atoms with Gasteiger partial charge in [0.05, 0.1) is 5.56 Å². The quantitative estimate of drug-likeness (QED) is 0.0891. The van der Waals surface area contributed by atoms with Gasteiger partial charge in [-0.2, -0.15) is 0 Å². The van der Waals surface area contributed by atoms with Gasteiger partial charge in [0.1, 0.15) is 18.4 Å². The van der Waals surface area contributed by atoms with Crippen molar-refractivity contribution in [3.05, 3.63) is 104 Å². The van der Waals surface area contributed by atoms with Crippen LogP contribution in [0.5, 0.6) is 5.75 Å². The van der Waals surface area contributed by atoms with Gasteiger partial charge in [0.15, 0.2) is 23.3 Å². The summed E-state index contributed by atoms with van der Waals surface area (Å²) in [6, 6.07) is 10.4. The molecule has 1 aliphatic heterocycles. The van der Waals surface area contributed by atoms with E-state index in [1.165, 1.54) is 0 Å². The lowest BCUT2D eigenvalue weighted by Gasteiger charge is -2.46. The third-order valence-corrected chi connectivity index (χ3v) is 8.33. The predicted molar refractivity (Wildman–Crippen MR) is 171 cm³/mol. The summed E-state index contributed by atoms with van der Waals surface area (Å²) in [5, 5.41) is 9.93. The van der Waals surface area contributed by atoms with Crippen LogP contribution in [-0.4, -0.2) is 35.0 Å². The van der Waals surface area contributed by atoms with Crippen molar-refractivity contribution in [2.45, 2.75) is 76.7 Å². The van der Waals surface area contributed by atoms with Crippen LogP contribution in [0.4, 0.5) is 22.0 Å². The van der Waals surface area contributed by atoms with Crippen molar-refractivity contribution in [2.75, 3.05) is 0 Å². The molecule has 3 aromatic rings. The molecule has 1 fully saturated rings. The van der Waals surface area contributed by atoms with Crippen molar-refractivity contribution in [1.82, 2.24) is 16.0 Å². The first-order valence-electron chi connectivity index (χ1n) is 14.7. The highest BCUT2D eigenvalue weighted by atomic mass is 35.5. The van der Waals surface area contributed by atoms with Crippen molar-refractivity contribution in [3.63, 3.8) is 0 Å². The van der Waals surface area contributed by atoms with Gasteiger partial charge >= 0.3 is 0 Å². The summed E-state index contributed by atoms with van der Waals surface area (Å²) < 4.78 is 74.8. The Balaban J connectivity index is 1.52. The number of nitrogens with one attached hydrogen (secondary N) is 3. The van der Waals surface area contributed by atoms with E-state index in [4.69, 9.17) is 27.9 Å². The van der Waals surface area contributed by atoms with E-state index < -0.39 is 52.5 Å². The Hall–Kier alpha value is -3.67. The summed E-state index contributed by atoms with van der Waals surface area (Å²) in [5.41, 5.74) is -0.630. The number of carbonyl (C=O) groups excluding carboxylic acids is 2. The van der Waals surface area contributed by atoms with E-state index in [1.807, 2.05) is 27.7 Å². The lowest BCUT2D eigenvalue weighted by Crippen LogP contribution is -2.63. The van der Waals surface area contributed by atoms with Gasteiger partial charge in [-0.3, -0.25) is 9.59 Å². The van der Waals surface area contributed by atoms with Crippen LogP contribution >= 0.6 is 23.2 Å². The lowest BCUT2D eigenvalue weighted by molar-refractivity contribution is -0.128. The molecule has 1 heterocycles. The van der Waals surface area contributed by atoms with E-state index in [1.54, 1.807) is 42.5 Å². The third kappa shape index (κ3) is 9.24. The molecule has 4 rings (SSSR count). The van der Waals surface area contributed by atoms with Crippen LogP contribution in [0, 0.1) is 29.1 Å². The second kappa shape index (κ2) is 14.6. The predicted octanol–water partition coefficient (Wildman–Crippen LogP) is 7.43. The second-order valence-electron chi connectivity index (χ2n) is 12.7. The normalized spacial score (nSPS) is 16.6. The molecule has 0 aliphatic carbocycles. The number of amides is 2. The van der Waals surface area contributed by atoms with Crippen molar-refractivity contribution >= 4 is 41.1 Å². The molecule has 2 amide bonds. The number of carbonyl (C=O) groups is 2. The molecule has 0 unspecified atom stereocenters. The third-order valence-electron chi connectivity index (χ3n) is 7.62.